The van der Waals surface area contributed by atoms with Gasteiger partial charge in [0, 0.05) is 11.8 Å². The summed E-state index contributed by atoms with van der Waals surface area (Å²) in [4.78, 5) is 4.76. The maximum Gasteiger partial charge on any atom is 0.193 e. The number of aliphatic imine (C=N–C) groups is 1. The van der Waals surface area contributed by atoms with E-state index in [1.165, 1.54) is 5.56 Å². The minimum atomic E-state index is -1.85. The van der Waals surface area contributed by atoms with Crippen LogP contribution in [0.15, 0.2) is 96.0 Å². The van der Waals surface area contributed by atoms with Gasteiger partial charge in [0.05, 0.1) is 39.6 Å². The zero-order chi connectivity index (χ0) is 29.4. The Balaban J connectivity index is 1.74. The first kappa shape index (κ1) is 32.5. The van der Waals surface area contributed by atoms with Crippen LogP contribution in [-0.4, -0.2) is 34.4 Å². The highest BCUT2D eigenvalue weighted by molar-refractivity contribution is 6.74. The second-order valence-electron chi connectivity index (χ2n) is 12.2. The molecule has 0 saturated carbocycles. The molecule has 3 rings (SSSR count). The Hall–Kier alpha value is -3.01. The lowest BCUT2D eigenvalue weighted by molar-refractivity contribution is -0.0267. The third-order valence-corrected chi connectivity index (χ3v) is 12.2. The molecule has 0 aliphatic heterocycles. The molecule has 0 heterocycles. The average molecular weight is 570 g/mol. The number of hydrogen-bond acceptors (Lipinski definition) is 4. The van der Waals surface area contributed by atoms with Gasteiger partial charge in [-0.2, -0.15) is 0 Å². The predicted molar refractivity (Wildman–Crippen MR) is 173 cm³/mol. The maximum atomic E-state index is 6.33. The van der Waals surface area contributed by atoms with E-state index in [1.54, 1.807) is 0 Å². The zero-order valence-electron chi connectivity index (χ0n) is 25.6. The number of hydrogen-bond donors (Lipinski definition) is 0. The lowest BCUT2D eigenvalue weighted by Crippen LogP contribution is -2.40. The van der Waals surface area contributed by atoms with Crippen LogP contribution in [0.5, 0.6) is 0 Å². The summed E-state index contributed by atoms with van der Waals surface area (Å²) in [5, 5.41) is 0.157. The lowest BCUT2D eigenvalue weighted by Gasteiger charge is -2.35. The van der Waals surface area contributed by atoms with Gasteiger partial charge in [0.1, 0.15) is 0 Å². The monoisotopic (exact) mass is 569 g/mol. The van der Waals surface area contributed by atoms with Crippen molar-refractivity contribution < 1.29 is 13.9 Å². The van der Waals surface area contributed by atoms with Crippen LogP contribution in [-0.2, 0) is 33.7 Å². The third-order valence-electron chi connectivity index (χ3n) is 7.71. The smallest absolute Gasteiger partial charge is 0.193 e. The Kier molecular flexibility index (Phi) is 13.0. The molecule has 0 atom stereocenters. The average Bonchev–Trinajstić information content (AvgIpc) is 2.96. The number of ether oxygens (including phenoxy) is 2. The Morgan fingerprint density at radius 3 is 1.68 bits per heavy atom. The van der Waals surface area contributed by atoms with Crippen LogP contribution >= 0.6 is 0 Å². The fourth-order valence-electron chi connectivity index (χ4n) is 4.00. The molecule has 0 aromatic heterocycles. The van der Waals surface area contributed by atoms with Gasteiger partial charge in [-0.05, 0) is 47.5 Å². The van der Waals surface area contributed by atoms with E-state index in [0.29, 0.717) is 52.4 Å². The van der Waals surface area contributed by atoms with Crippen molar-refractivity contribution in [3.63, 3.8) is 0 Å². The lowest BCUT2D eigenvalue weighted by atomic mass is 9.83. The summed E-state index contributed by atoms with van der Waals surface area (Å²) in [5.74, 6) is 6.74. The zero-order valence-corrected chi connectivity index (χ0v) is 26.6. The van der Waals surface area contributed by atoms with Gasteiger partial charge in [-0.1, -0.05) is 118 Å². The van der Waals surface area contributed by atoms with Crippen molar-refractivity contribution in [1.29, 1.82) is 0 Å². The third kappa shape index (κ3) is 11.8. The van der Waals surface area contributed by atoms with Crippen LogP contribution in [0.1, 0.15) is 50.3 Å². The number of rotatable bonds is 15. The molecule has 5 heteroatoms. The summed E-state index contributed by atoms with van der Waals surface area (Å²) < 4.78 is 19.0. The van der Waals surface area contributed by atoms with Gasteiger partial charge in [-0.3, -0.25) is 4.99 Å². The van der Waals surface area contributed by atoms with Crippen LogP contribution in [0, 0.1) is 17.3 Å². The van der Waals surface area contributed by atoms with Crippen LogP contribution in [0.25, 0.3) is 0 Å². The molecule has 218 valence electrons. The van der Waals surface area contributed by atoms with Crippen molar-refractivity contribution >= 4 is 14.5 Å². The number of nitrogens with zero attached hydrogens (tertiary/aromatic N) is 1. The molecule has 0 spiro atoms. The standard InChI is InChI=1S/C36H47NO3Si/c1-35(2,3)41(4,5)40-26-16-15-23-36(30-38-28-33-19-11-7-12-20-33,31-39-29-34-21-13-8-14-22-34)24-25-37-27-32-17-9-6-10-18-32/h6-14,17-22,25H,23-24,26-31H2,1-5H3. The van der Waals surface area contributed by atoms with Gasteiger partial charge in [0.15, 0.2) is 8.32 Å². The van der Waals surface area contributed by atoms with E-state index in [4.69, 9.17) is 18.9 Å². The van der Waals surface area contributed by atoms with Crippen molar-refractivity contribution in [2.45, 2.75) is 71.5 Å². The molecule has 3 aromatic rings. The largest absolute Gasteiger partial charge is 0.406 e. The van der Waals surface area contributed by atoms with E-state index in [-0.39, 0.29) is 10.5 Å². The summed E-state index contributed by atoms with van der Waals surface area (Å²) in [6.45, 7) is 14.5. The van der Waals surface area contributed by atoms with Gasteiger partial charge in [0.2, 0.25) is 0 Å². The molecule has 3 aromatic carbocycles. The SMILES string of the molecule is CC(C)(C)[Si](C)(C)OCC#CCC(CC=NCc1ccccc1)(COCc1ccccc1)COCc1ccccc1. The molecule has 0 unspecified atom stereocenters. The summed E-state index contributed by atoms with van der Waals surface area (Å²) >= 11 is 0. The molecule has 0 aliphatic carbocycles. The first-order valence-corrected chi connectivity index (χ1v) is 17.5. The molecular weight excluding hydrogens is 522 g/mol. The summed E-state index contributed by atoms with van der Waals surface area (Å²) in [6.07, 6.45) is 3.37. The minimum Gasteiger partial charge on any atom is -0.406 e. The molecular formula is C36H47NO3Si. The van der Waals surface area contributed by atoms with E-state index in [2.05, 4.69) is 82.1 Å². The van der Waals surface area contributed by atoms with Crippen LogP contribution < -0.4 is 0 Å². The Labute approximate surface area is 249 Å². The van der Waals surface area contributed by atoms with Crippen LogP contribution in [0.4, 0.5) is 0 Å². The molecule has 4 nitrogen and oxygen atoms in total. The first-order chi connectivity index (χ1) is 19.7. The molecule has 0 amide bonds. The van der Waals surface area contributed by atoms with Gasteiger partial charge < -0.3 is 13.9 Å². The summed E-state index contributed by atoms with van der Waals surface area (Å²) in [6, 6.07) is 30.9. The predicted octanol–water partition coefficient (Wildman–Crippen LogP) is 8.48. The van der Waals surface area contributed by atoms with Crippen LogP contribution in [0.3, 0.4) is 0 Å². The number of benzene rings is 3. The molecule has 0 saturated heterocycles. The van der Waals surface area contributed by atoms with E-state index < -0.39 is 8.32 Å². The van der Waals surface area contributed by atoms with Crippen molar-refractivity contribution in [1.82, 2.24) is 0 Å². The van der Waals surface area contributed by atoms with Crippen molar-refractivity contribution in [3.05, 3.63) is 108 Å². The van der Waals surface area contributed by atoms with Crippen molar-refractivity contribution in [2.24, 2.45) is 10.4 Å². The van der Waals surface area contributed by atoms with Crippen molar-refractivity contribution in [2.75, 3.05) is 19.8 Å². The Morgan fingerprint density at radius 1 is 0.707 bits per heavy atom. The molecule has 0 radical (unpaired) electrons. The Bertz CT molecular complexity index is 1180. The second kappa shape index (κ2) is 16.4. The topological polar surface area (TPSA) is 40.0 Å². The second-order valence-corrected chi connectivity index (χ2v) is 17.1. The highest BCUT2D eigenvalue weighted by Crippen LogP contribution is 2.36. The fourth-order valence-corrected chi connectivity index (χ4v) is 4.86. The van der Waals surface area contributed by atoms with E-state index in [9.17, 15) is 0 Å². The molecule has 41 heavy (non-hydrogen) atoms. The quantitative estimate of drug-likeness (QED) is 0.105. The highest BCUT2D eigenvalue weighted by Gasteiger charge is 2.37. The minimum absolute atomic E-state index is 0.157. The molecule has 0 bridgehead atoms. The molecule has 0 fully saturated rings. The van der Waals surface area contributed by atoms with E-state index >= 15 is 0 Å². The fraction of sp³-hybridized carbons (Fsp3) is 0.417. The normalized spacial score (nSPS) is 12.3. The van der Waals surface area contributed by atoms with Gasteiger partial charge in [-0.15, -0.1) is 5.92 Å². The van der Waals surface area contributed by atoms with Gasteiger partial charge in [0.25, 0.3) is 0 Å². The first-order valence-electron chi connectivity index (χ1n) is 14.5. The maximum absolute atomic E-state index is 6.33. The highest BCUT2D eigenvalue weighted by atomic mass is 28.4. The van der Waals surface area contributed by atoms with Crippen LogP contribution in [0.2, 0.25) is 18.1 Å². The van der Waals surface area contributed by atoms with Crippen molar-refractivity contribution in [3.8, 4) is 11.8 Å². The summed E-state index contributed by atoms with van der Waals surface area (Å²) in [5.41, 5.74) is 3.15. The van der Waals surface area contributed by atoms with Gasteiger partial charge >= 0.3 is 0 Å². The molecule has 0 aliphatic rings. The Morgan fingerprint density at radius 2 is 1.20 bits per heavy atom. The van der Waals surface area contributed by atoms with E-state index in [0.717, 1.165) is 11.1 Å². The summed E-state index contributed by atoms with van der Waals surface area (Å²) in [7, 11) is -1.85. The van der Waals surface area contributed by atoms with Gasteiger partial charge in [-0.25, -0.2) is 0 Å². The van der Waals surface area contributed by atoms with E-state index in [1.807, 2.05) is 60.8 Å². The molecule has 0 N–H and O–H groups in total.